The van der Waals surface area contributed by atoms with Crippen molar-refractivity contribution in [2.45, 2.75) is 25.2 Å². The Bertz CT molecular complexity index is 620. The molecule has 0 amide bonds. The van der Waals surface area contributed by atoms with Gasteiger partial charge in [0.15, 0.2) is 0 Å². The molecule has 1 aromatic carbocycles. The molecule has 3 unspecified atom stereocenters. The number of alkyl halides is 6. The smallest absolute Gasteiger partial charge is 0.298 e. The molecule has 1 nitrogen and oxygen atoms in total. The highest BCUT2D eigenvalue weighted by molar-refractivity contribution is 5.85. The van der Waals surface area contributed by atoms with E-state index >= 15 is 0 Å². The van der Waals surface area contributed by atoms with Crippen LogP contribution in [0.1, 0.15) is 18.4 Å². The number of hydrogen-bond acceptors (Lipinski definition) is 1. The van der Waals surface area contributed by atoms with E-state index in [1.165, 1.54) is 0 Å². The standard InChI is InChI=1S/C16H12F6O/c17-15(18,19)11-8-13(16(20,21)22)12(14(23)9-11)7-6-10-4-2-1-3-5-10/h1-5,11-13H,8-9H2. The average Bonchev–Trinajstić information content (AvgIpc) is 2.44. The van der Waals surface area contributed by atoms with Crippen LogP contribution in [0.4, 0.5) is 26.3 Å². The SMILES string of the molecule is O=C1CC(C(F)(F)F)CC(C(F)(F)F)C1C#Cc1ccccc1. The first-order chi connectivity index (χ1) is 10.6. The van der Waals surface area contributed by atoms with Crippen molar-refractivity contribution >= 4 is 5.78 Å². The number of rotatable bonds is 0. The van der Waals surface area contributed by atoms with Gasteiger partial charge in [-0.2, -0.15) is 26.3 Å². The summed E-state index contributed by atoms with van der Waals surface area (Å²) in [6.45, 7) is 0. The largest absolute Gasteiger partial charge is 0.393 e. The molecule has 2 rings (SSSR count). The van der Waals surface area contributed by atoms with Crippen LogP contribution in [0, 0.1) is 29.6 Å². The Labute approximate surface area is 128 Å². The first kappa shape index (κ1) is 17.4. The van der Waals surface area contributed by atoms with Crippen LogP contribution < -0.4 is 0 Å². The van der Waals surface area contributed by atoms with Gasteiger partial charge in [-0.3, -0.25) is 4.79 Å². The van der Waals surface area contributed by atoms with Crippen LogP contribution in [-0.4, -0.2) is 18.1 Å². The van der Waals surface area contributed by atoms with E-state index in [2.05, 4.69) is 11.8 Å². The molecule has 1 aliphatic carbocycles. The molecule has 23 heavy (non-hydrogen) atoms. The molecule has 0 spiro atoms. The topological polar surface area (TPSA) is 17.1 Å². The Kier molecular flexibility index (Phi) is 4.73. The summed E-state index contributed by atoms with van der Waals surface area (Å²) in [5.41, 5.74) is 0.402. The lowest BCUT2D eigenvalue weighted by atomic mass is 9.72. The highest BCUT2D eigenvalue weighted by atomic mass is 19.4. The van der Waals surface area contributed by atoms with Crippen LogP contribution in [0.5, 0.6) is 0 Å². The second-order valence-electron chi connectivity index (χ2n) is 5.41. The van der Waals surface area contributed by atoms with Gasteiger partial charge in [0.2, 0.25) is 0 Å². The molecule has 1 fully saturated rings. The first-order valence-electron chi connectivity index (χ1n) is 6.82. The van der Waals surface area contributed by atoms with Gasteiger partial charge >= 0.3 is 12.4 Å². The molecule has 3 atom stereocenters. The van der Waals surface area contributed by atoms with E-state index in [0.29, 0.717) is 5.56 Å². The summed E-state index contributed by atoms with van der Waals surface area (Å²) in [5, 5.41) is 0. The molecule has 1 aromatic rings. The monoisotopic (exact) mass is 334 g/mol. The maximum absolute atomic E-state index is 13.1. The van der Waals surface area contributed by atoms with E-state index in [1.54, 1.807) is 30.3 Å². The third kappa shape index (κ3) is 4.27. The number of ketones is 1. The summed E-state index contributed by atoms with van der Waals surface area (Å²) in [6, 6.07) is 8.01. The lowest BCUT2D eigenvalue weighted by Gasteiger charge is -2.34. The minimum Gasteiger partial charge on any atom is -0.298 e. The van der Waals surface area contributed by atoms with Gasteiger partial charge in [0, 0.05) is 12.0 Å². The van der Waals surface area contributed by atoms with Gasteiger partial charge < -0.3 is 0 Å². The molecule has 124 valence electrons. The highest BCUT2D eigenvalue weighted by Crippen LogP contribution is 2.46. The van der Waals surface area contributed by atoms with Crippen molar-refractivity contribution in [3.05, 3.63) is 35.9 Å². The van der Waals surface area contributed by atoms with Gasteiger partial charge in [0.05, 0.1) is 17.8 Å². The van der Waals surface area contributed by atoms with Crippen LogP contribution in [0.25, 0.3) is 0 Å². The van der Waals surface area contributed by atoms with Crippen molar-refractivity contribution in [2.24, 2.45) is 17.8 Å². The van der Waals surface area contributed by atoms with E-state index in [4.69, 9.17) is 0 Å². The minimum absolute atomic E-state index is 0.402. The van der Waals surface area contributed by atoms with Crippen LogP contribution in [0.2, 0.25) is 0 Å². The summed E-state index contributed by atoms with van der Waals surface area (Å²) in [7, 11) is 0. The number of carbonyl (C=O) groups excluding carboxylic acids is 1. The zero-order chi connectivity index (χ0) is 17.3. The van der Waals surface area contributed by atoms with Crippen LogP contribution in [-0.2, 0) is 4.79 Å². The number of hydrogen-bond donors (Lipinski definition) is 0. The highest BCUT2D eigenvalue weighted by Gasteiger charge is 2.55. The third-order valence-electron chi connectivity index (χ3n) is 3.76. The molecule has 0 aromatic heterocycles. The number of Topliss-reactive ketones (excluding diaryl/α,β-unsaturated/α-hetero) is 1. The van der Waals surface area contributed by atoms with Gasteiger partial charge in [0.25, 0.3) is 0 Å². The predicted octanol–water partition coefficient (Wildman–Crippen LogP) is 4.37. The number of carbonyl (C=O) groups is 1. The fourth-order valence-corrected chi connectivity index (χ4v) is 2.56. The van der Waals surface area contributed by atoms with Crippen molar-refractivity contribution in [2.75, 3.05) is 0 Å². The summed E-state index contributed by atoms with van der Waals surface area (Å²) in [5.74, 6) is -2.85. The molecule has 7 heteroatoms. The van der Waals surface area contributed by atoms with Crippen molar-refractivity contribution in [3.8, 4) is 11.8 Å². The van der Waals surface area contributed by atoms with Crippen LogP contribution in [0.3, 0.4) is 0 Å². The number of halogens is 6. The van der Waals surface area contributed by atoms with Gasteiger partial charge in [0.1, 0.15) is 5.78 Å². The molecule has 0 bridgehead atoms. The van der Waals surface area contributed by atoms with Crippen molar-refractivity contribution < 1.29 is 31.1 Å². The van der Waals surface area contributed by atoms with E-state index in [-0.39, 0.29) is 0 Å². The molecule has 0 saturated heterocycles. The van der Waals surface area contributed by atoms with E-state index in [1.807, 2.05) is 0 Å². The quantitative estimate of drug-likeness (QED) is 0.508. The molecule has 0 N–H and O–H groups in total. The predicted molar refractivity (Wildman–Crippen MR) is 70.1 cm³/mol. The van der Waals surface area contributed by atoms with Crippen LogP contribution in [0.15, 0.2) is 30.3 Å². The molecule has 1 aliphatic rings. The molecule has 0 radical (unpaired) electrons. The maximum Gasteiger partial charge on any atom is 0.393 e. The first-order valence-corrected chi connectivity index (χ1v) is 6.82. The van der Waals surface area contributed by atoms with Gasteiger partial charge in [-0.15, -0.1) is 0 Å². The zero-order valence-electron chi connectivity index (χ0n) is 11.7. The Balaban J connectivity index is 2.31. The minimum atomic E-state index is -4.91. The Morgan fingerprint density at radius 1 is 0.957 bits per heavy atom. The third-order valence-corrected chi connectivity index (χ3v) is 3.76. The molecular formula is C16H12F6O. The fraction of sp³-hybridized carbons (Fsp3) is 0.438. The van der Waals surface area contributed by atoms with E-state index in [9.17, 15) is 31.1 Å². The van der Waals surface area contributed by atoms with Crippen molar-refractivity contribution in [1.82, 2.24) is 0 Å². The molecule has 0 aliphatic heterocycles. The second-order valence-corrected chi connectivity index (χ2v) is 5.41. The lowest BCUT2D eigenvalue weighted by Crippen LogP contribution is -2.44. The van der Waals surface area contributed by atoms with Crippen molar-refractivity contribution in [3.63, 3.8) is 0 Å². The summed E-state index contributed by atoms with van der Waals surface area (Å²) in [6.07, 6.45) is -11.8. The molecule has 0 heterocycles. The zero-order valence-corrected chi connectivity index (χ0v) is 11.7. The van der Waals surface area contributed by atoms with E-state index < -0.39 is 48.7 Å². The van der Waals surface area contributed by atoms with Crippen LogP contribution >= 0.6 is 0 Å². The Hall–Kier alpha value is -1.97. The second kappa shape index (κ2) is 6.26. The summed E-state index contributed by atoms with van der Waals surface area (Å²) >= 11 is 0. The normalized spacial score (nSPS) is 25.7. The van der Waals surface area contributed by atoms with E-state index in [0.717, 1.165) is 0 Å². The van der Waals surface area contributed by atoms with Gasteiger partial charge in [-0.1, -0.05) is 30.0 Å². The Morgan fingerprint density at radius 3 is 2.09 bits per heavy atom. The average molecular weight is 334 g/mol. The Morgan fingerprint density at radius 2 is 1.57 bits per heavy atom. The fourth-order valence-electron chi connectivity index (χ4n) is 2.56. The maximum atomic E-state index is 13.1. The molecular weight excluding hydrogens is 322 g/mol. The summed E-state index contributed by atoms with van der Waals surface area (Å²) < 4.78 is 77.3. The summed E-state index contributed by atoms with van der Waals surface area (Å²) in [4.78, 5) is 11.8. The van der Waals surface area contributed by atoms with Crippen molar-refractivity contribution in [1.29, 1.82) is 0 Å². The van der Waals surface area contributed by atoms with Gasteiger partial charge in [-0.25, -0.2) is 0 Å². The lowest BCUT2D eigenvalue weighted by molar-refractivity contribution is -0.226. The molecule has 1 saturated carbocycles. The number of benzene rings is 1. The van der Waals surface area contributed by atoms with Gasteiger partial charge in [-0.05, 0) is 18.6 Å².